The first kappa shape index (κ1) is 19.8. The summed E-state index contributed by atoms with van der Waals surface area (Å²) in [5, 5.41) is 3.27. The average Bonchev–Trinajstić information content (AvgIpc) is 2.62. The van der Waals surface area contributed by atoms with Gasteiger partial charge in [-0.15, -0.1) is 0 Å². The Hall–Kier alpha value is -2.53. The molecule has 0 heterocycles. The van der Waals surface area contributed by atoms with Crippen LogP contribution >= 0.6 is 11.6 Å². The second-order valence-electron chi connectivity index (χ2n) is 6.13. The second kappa shape index (κ2) is 9.25. The molecule has 2 rings (SSSR count). The first-order chi connectivity index (χ1) is 12.4. The molecule has 0 bridgehead atoms. The van der Waals surface area contributed by atoms with Crippen molar-refractivity contribution in [3.8, 4) is 5.75 Å². The van der Waals surface area contributed by atoms with Crippen molar-refractivity contribution in [2.75, 3.05) is 19.0 Å². The third-order valence-electron chi connectivity index (χ3n) is 3.88. The van der Waals surface area contributed by atoms with E-state index in [1.165, 1.54) is 7.11 Å². The van der Waals surface area contributed by atoms with Crippen molar-refractivity contribution in [3.63, 3.8) is 0 Å². The largest absolute Gasteiger partial charge is 0.495 e. The van der Waals surface area contributed by atoms with E-state index < -0.39 is 17.8 Å². The Balaban J connectivity index is 1.99. The number of hydrogen-bond donors (Lipinski definition) is 1. The van der Waals surface area contributed by atoms with Crippen LogP contribution in [0.1, 0.15) is 25.3 Å². The molecular weight excluding hydrogens is 354 g/mol. The molecule has 0 aliphatic carbocycles. The van der Waals surface area contributed by atoms with Gasteiger partial charge in [-0.25, -0.2) is 0 Å². The minimum Gasteiger partial charge on any atom is -0.495 e. The van der Waals surface area contributed by atoms with Crippen molar-refractivity contribution >= 4 is 29.2 Å². The Morgan fingerprint density at radius 2 is 1.73 bits per heavy atom. The molecule has 0 aliphatic rings. The van der Waals surface area contributed by atoms with E-state index in [0.717, 1.165) is 5.56 Å². The molecule has 5 nitrogen and oxygen atoms in total. The minimum atomic E-state index is -0.466. The zero-order chi connectivity index (χ0) is 19.1. The fraction of sp³-hybridized carbons (Fsp3) is 0.300. The van der Waals surface area contributed by atoms with Crippen LogP contribution in [0.15, 0.2) is 48.5 Å². The van der Waals surface area contributed by atoms with E-state index >= 15 is 0 Å². The van der Waals surface area contributed by atoms with Gasteiger partial charge in [0.2, 0.25) is 0 Å². The highest BCUT2D eigenvalue weighted by Crippen LogP contribution is 2.27. The maximum absolute atomic E-state index is 12.5. The number of amides is 1. The highest BCUT2D eigenvalue weighted by atomic mass is 35.5. The smallest absolute Gasteiger partial charge is 0.314 e. The van der Waals surface area contributed by atoms with Crippen LogP contribution < -0.4 is 10.1 Å². The number of nitrogens with one attached hydrogen (secondary N) is 1. The molecule has 1 amide bonds. The predicted molar refractivity (Wildman–Crippen MR) is 102 cm³/mol. The average molecular weight is 376 g/mol. The fourth-order valence-electron chi connectivity index (χ4n) is 2.62. The van der Waals surface area contributed by atoms with Crippen LogP contribution in [0.4, 0.5) is 5.69 Å². The number of carbonyl (C=O) groups excluding carboxylic acids is 2. The Morgan fingerprint density at radius 1 is 1.08 bits per heavy atom. The summed E-state index contributed by atoms with van der Waals surface area (Å²) in [7, 11) is 1.52. The topological polar surface area (TPSA) is 64.6 Å². The molecule has 1 N–H and O–H groups in total. The van der Waals surface area contributed by atoms with E-state index in [4.69, 9.17) is 21.1 Å². The van der Waals surface area contributed by atoms with Gasteiger partial charge in [-0.3, -0.25) is 9.59 Å². The number of carbonyl (C=O) groups is 2. The summed E-state index contributed by atoms with van der Waals surface area (Å²) in [4.78, 5) is 24.6. The van der Waals surface area contributed by atoms with E-state index in [1.807, 2.05) is 13.8 Å². The number of hydrogen-bond acceptors (Lipinski definition) is 4. The van der Waals surface area contributed by atoms with Gasteiger partial charge < -0.3 is 14.8 Å². The third-order valence-corrected chi connectivity index (χ3v) is 4.13. The summed E-state index contributed by atoms with van der Waals surface area (Å²) >= 11 is 5.90. The SMILES string of the molecule is COc1ccccc1NC(=O)COC(=O)[C@H](c1ccc(Cl)cc1)C(C)C. The molecule has 2 aromatic rings. The normalized spacial score (nSPS) is 11.7. The zero-order valence-corrected chi connectivity index (χ0v) is 15.7. The van der Waals surface area contributed by atoms with Gasteiger partial charge in [-0.1, -0.05) is 49.7 Å². The Bertz CT molecular complexity index is 759. The Labute approximate surface area is 158 Å². The minimum absolute atomic E-state index is 0.0148. The molecule has 0 fully saturated rings. The molecule has 0 unspecified atom stereocenters. The molecule has 0 radical (unpaired) electrons. The van der Waals surface area contributed by atoms with E-state index in [1.54, 1.807) is 48.5 Å². The van der Waals surface area contributed by atoms with Gasteiger partial charge in [0.25, 0.3) is 5.91 Å². The summed E-state index contributed by atoms with van der Waals surface area (Å²) in [6, 6.07) is 14.1. The van der Waals surface area contributed by atoms with Crippen LogP contribution in [-0.4, -0.2) is 25.6 Å². The highest BCUT2D eigenvalue weighted by Gasteiger charge is 2.26. The Kier molecular flexibility index (Phi) is 7.04. The maximum atomic E-state index is 12.5. The highest BCUT2D eigenvalue weighted by molar-refractivity contribution is 6.30. The molecule has 26 heavy (non-hydrogen) atoms. The van der Waals surface area contributed by atoms with Crippen LogP contribution in [-0.2, 0) is 14.3 Å². The number of halogens is 1. The summed E-state index contributed by atoms with van der Waals surface area (Å²) in [5.41, 5.74) is 1.33. The first-order valence-electron chi connectivity index (χ1n) is 8.27. The molecular formula is C20H22ClNO4. The standard InChI is InChI=1S/C20H22ClNO4/c1-13(2)19(14-8-10-15(21)11-9-14)20(24)26-12-18(23)22-16-6-4-5-7-17(16)25-3/h4-11,13,19H,12H2,1-3H3,(H,22,23)/t19-/m0/s1. The molecule has 2 aromatic carbocycles. The van der Waals surface area contributed by atoms with Crippen molar-refractivity contribution in [2.45, 2.75) is 19.8 Å². The number of esters is 1. The lowest BCUT2D eigenvalue weighted by molar-refractivity contribution is -0.149. The van der Waals surface area contributed by atoms with Gasteiger partial charge in [0, 0.05) is 5.02 Å². The van der Waals surface area contributed by atoms with Gasteiger partial charge in [0.15, 0.2) is 6.61 Å². The van der Waals surface area contributed by atoms with E-state index in [2.05, 4.69) is 5.32 Å². The molecule has 0 aromatic heterocycles. The van der Waals surface area contributed by atoms with Gasteiger partial charge in [0.1, 0.15) is 5.75 Å². The first-order valence-corrected chi connectivity index (χ1v) is 8.65. The summed E-state index contributed by atoms with van der Waals surface area (Å²) in [6.45, 7) is 3.48. The fourth-order valence-corrected chi connectivity index (χ4v) is 2.75. The molecule has 0 spiro atoms. The molecule has 0 saturated carbocycles. The lowest BCUT2D eigenvalue weighted by Gasteiger charge is -2.20. The molecule has 1 atom stereocenters. The molecule has 0 saturated heterocycles. The van der Waals surface area contributed by atoms with E-state index in [-0.39, 0.29) is 12.5 Å². The van der Waals surface area contributed by atoms with Gasteiger partial charge in [-0.2, -0.15) is 0 Å². The lowest BCUT2D eigenvalue weighted by Crippen LogP contribution is -2.26. The van der Waals surface area contributed by atoms with Crippen LogP contribution in [0, 0.1) is 5.92 Å². The number of ether oxygens (including phenoxy) is 2. The van der Waals surface area contributed by atoms with Crippen molar-refractivity contribution in [2.24, 2.45) is 5.92 Å². The quantitative estimate of drug-likeness (QED) is 0.734. The van der Waals surface area contributed by atoms with Gasteiger partial charge in [0.05, 0.1) is 18.7 Å². The number of methoxy groups -OCH3 is 1. The van der Waals surface area contributed by atoms with Crippen molar-refractivity contribution in [1.82, 2.24) is 0 Å². The predicted octanol–water partition coefficient (Wildman–Crippen LogP) is 4.27. The number of anilines is 1. The number of rotatable bonds is 7. The van der Waals surface area contributed by atoms with Crippen molar-refractivity contribution in [1.29, 1.82) is 0 Å². The molecule has 6 heteroatoms. The monoisotopic (exact) mass is 375 g/mol. The second-order valence-corrected chi connectivity index (χ2v) is 6.57. The number of benzene rings is 2. The van der Waals surface area contributed by atoms with Gasteiger partial charge >= 0.3 is 5.97 Å². The van der Waals surface area contributed by atoms with E-state index in [0.29, 0.717) is 16.5 Å². The van der Waals surface area contributed by atoms with Crippen molar-refractivity contribution < 1.29 is 19.1 Å². The summed E-state index contributed by atoms with van der Waals surface area (Å²) in [5.74, 6) is -0.792. The molecule has 138 valence electrons. The Morgan fingerprint density at radius 3 is 2.35 bits per heavy atom. The third kappa shape index (κ3) is 5.23. The van der Waals surface area contributed by atoms with Gasteiger partial charge in [-0.05, 0) is 35.7 Å². The van der Waals surface area contributed by atoms with Crippen molar-refractivity contribution in [3.05, 3.63) is 59.1 Å². The van der Waals surface area contributed by atoms with Crippen LogP contribution in [0.5, 0.6) is 5.75 Å². The lowest BCUT2D eigenvalue weighted by atomic mass is 9.88. The maximum Gasteiger partial charge on any atom is 0.314 e. The van der Waals surface area contributed by atoms with E-state index in [9.17, 15) is 9.59 Å². The molecule has 0 aliphatic heterocycles. The van der Waals surface area contributed by atoms with Crippen LogP contribution in [0.3, 0.4) is 0 Å². The van der Waals surface area contributed by atoms with Crippen LogP contribution in [0.25, 0.3) is 0 Å². The zero-order valence-electron chi connectivity index (χ0n) is 15.0. The summed E-state index contributed by atoms with van der Waals surface area (Å²) < 4.78 is 10.4. The number of para-hydroxylation sites is 2. The van der Waals surface area contributed by atoms with Crippen LogP contribution in [0.2, 0.25) is 5.02 Å². The summed E-state index contributed by atoms with van der Waals surface area (Å²) in [6.07, 6.45) is 0.